The van der Waals surface area contributed by atoms with Crippen molar-refractivity contribution in [1.29, 1.82) is 0 Å². The Morgan fingerprint density at radius 1 is 1.43 bits per heavy atom. The molecule has 5 heteroatoms. The molecule has 1 aliphatic rings. The molecule has 2 aromatic rings. The summed E-state index contributed by atoms with van der Waals surface area (Å²) in [6.07, 6.45) is 4.29. The van der Waals surface area contributed by atoms with Crippen LogP contribution in [-0.2, 0) is 11.3 Å². The average molecular weight is 314 g/mol. The summed E-state index contributed by atoms with van der Waals surface area (Å²) in [6.45, 7) is 3.47. The third-order valence-corrected chi connectivity index (χ3v) is 4.07. The van der Waals surface area contributed by atoms with Gasteiger partial charge in [0.05, 0.1) is 12.7 Å². The number of likely N-dealkylation sites (tertiary alicyclic amines) is 1. The molecule has 23 heavy (non-hydrogen) atoms. The number of amides is 1. The quantitative estimate of drug-likeness (QED) is 0.871. The highest BCUT2D eigenvalue weighted by molar-refractivity contribution is 5.95. The van der Waals surface area contributed by atoms with Crippen LogP contribution in [0.25, 0.3) is 0 Å². The molecule has 0 radical (unpaired) electrons. The second kappa shape index (κ2) is 6.87. The molecule has 1 aromatic carbocycles. The smallest absolute Gasteiger partial charge is 0.254 e. The number of hydrogen-bond acceptors (Lipinski definition) is 3. The number of carbonyl (C=O) groups is 1. The van der Waals surface area contributed by atoms with Gasteiger partial charge >= 0.3 is 0 Å². The van der Waals surface area contributed by atoms with E-state index in [4.69, 9.17) is 4.74 Å². The average Bonchev–Trinajstić information content (AvgIpc) is 3.04. The van der Waals surface area contributed by atoms with Gasteiger partial charge in [0.1, 0.15) is 5.82 Å². The van der Waals surface area contributed by atoms with Crippen LogP contribution >= 0.6 is 0 Å². The van der Waals surface area contributed by atoms with Gasteiger partial charge in [0.25, 0.3) is 5.91 Å². The molecule has 120 valence electrons. The van der Waals surface area contributed by atoms with Crippen LogP contribution in [0, 0.1) is 12.7 Å². The molecule has 0 saturated carbocycles. The molecular formula is C18H19FN2O2. The molecular weight excluding hydrogens is 295 g/mol. The van der Waals surface area contributed by atoms with Gasteiger partial charge in [-0.25, -0.2) is 4.39 Å². The van der Waals surface area contributed by atoms with Gasteiger partial charge in [-0.3, -0.25) is 9.78 Å². The van der Waals surface area contributed by atoms with Crippen molar-refractivity contribution in [3.05, 3.63) is 65.2 Å². The number of pyridine rings is 1. The molecule has 0 unspecified atom stereocenters. The van der Waals surface area contributed by atoms with E-state index in [-0.39, 0.29) is 17.8 Å². The summed E-state index contributed by atoms with van der Waals surface area (Å²) >= 11 is 0. The SMILES string of the molecule is Cc1ccc(F)cc1C(=O)N1CC[C@@H](OCc2cccnc2)C1. The Morgan fingerprint density at radius 2 is 2.30 bits per heavy atom. The standard InChI is InChI=1S/C18H19FN2O2/c1-13-4-5-15(19)9-17(13)18(22)21-8-6-16(11-21)23-12-14-3-2-7-20-10-14/h2-5,7,9-10,16H,6,8,11-12H2,1H3/t16-/m1/s1. The van der Waals surface area contributed by atoms with E-state index in [9.17, 15) is 9.18 Å². The van der Waals surface area contributed by atoms with Crippen LogP contribution in [0.5, 0.6) is 0 Å². The third-order valence-electron chi connectivity index (χ3n) is 4.07. The molecule has 1 aliphatic heterocycles. The first-order valence-electron chi connectivity index (χ1n) is 7.69. The van der Waals surface area contributed by atoms with Crippen LogP contribution in [0.2, 0.25) is 0 Å². The zero-order valence-corrected chi connectivity index (χ0v) is 13.0. The fraction of sp³-hybridized carbons (Fsp3) is 0.333. The molecule has 0 bridgehead atoms. The van der Waals surface area contributed by atoms with E-state index in [1.807, 2.05) is 19.1 Å². The van der Waals surface area contributed by atoms with Crippen LogP contribution < -0.4 is 0 Å². The molecule has 1 saturated heterocycles. The van der Waals surface area contributed by atoms with Crippen molar-refractivity contribution in [2.24, 2.45) is 0 Å². The van der Waals surface area contributed by atoms with Crippen LogP contribution in [-0.4, -0.2) is 35.0 Å². The maximum atomic E-state index is 13.4. The highest BCUT2D eigenvalue weighted by Gasteiger charge is 2.28. The lowest BCUT2D eigenvalue weighted by Crippen LogP contribution is -2.30. The van der Waals surface area contributed by atoms with Gasteiger partial charge in [0.15, 0.2) is 0 Å². The Hall–Kier alpha value is -2.27. The lowest BCUT2D eigenvalue weighted by atomic mass is 10.1. The minimum Gasteiger partial charge on any atom is -0.372 e. The molecule has 0 N–H and O–H groups in total. The molecule has 1 fully saturated rings. The second-order valence-corrected chi connectivity index (χ2v) is 5.79. The summed E-state index contributed by atoms with van der Waals surface area (Å²) in [4.78, 5) is 18.3. The van der Waals surface area contributed by atoms with Crippen molar-refractivity contribution in [1.82, 2.24) is 9.88 Å². The van der Waals surface area contributed by atoms with Gasteiger partial charge in [-0.1, -0.05) is 12.1 Å². The minimum atomic E-state index is -0.387. The van der Waals surface area contributed by atoms with E-state index in [1.165, 1.54) is 12.1 Å². The number of hydrogen-bond donors (Lipinski definition) is 0. The van der Waals surface area contributed by atoms with E-state index in [2.05, 4.69) is 4.98 Å². The van der Waals surface area contributed by atoms with Crippen LogP contribution in [0.3, 0.4) is 0 Å². The number of aromatic nitrogens is 1. The van der Waals surface area contributed by atoms with Gasteiger partial charge in [0, 0.05) is 31.0 Å². The first kappa shape index (κ1) is 15.6. The van der Waals surface area contributed by atoms with Gasteiger partial charge in [0.2, 0.25) is 0 Å². The Balaban J connectivity index is 1.59. The number of aryl methyl sites for hydroxylation is 1. The maximum absolute atomic E-state index is 13.4. The number of nitrogens with zero attached hydrogens (tertiary/aromatic N) is 2. The van der Waals surface area contributed by atoms with Crippen molar-refractivity contribution in [3.8, 4) is 0 Å². The summed E-state index contributed by atoms with van der Waals surface area (Å²) in [7, 11) is 0. The van der Waals surface area contributed by atoms with Gasteiger partial charge < -0.3 is 9.64 Å². The minimum absolute atomic E-state index is 0.00743. The van der Waals surface area contributed by atoms with Gasteiger partial charge in [-0.05, 0) is 42.7 Å². The van der Waals surface area contributed by atoms with E-state index >= 15 is 0 Å². The summed E-state index contributed by atoms with van der Waals surface area (Å²) in [5, 5.41) is 0. The van der Waals surface area contributed by atoms with Crippen molar-refractivity contribution in [2.75, 3.05) is 13.1 Å². The largest absolute Gasteiger partial charge is 0.372 e. The van der Waals surface area contributed by atoms with Gasteiger partial charge in [-0.15, -0.1) is 0 Å². The van der Waals surface area contributed by atoms with E-state index in [1.54, 1.807) is 23.4 Å². The fourth-order valence-corrected chi connectivity index (χ4v) is 2.74. The van der Waals surface area contributed by atoms with Gasteiger partial charge in [-0.2, -0.15) is 0 Å². The Kier molecular flexibility index (Phi) is 4.67. The lowest BCUT2D eigenvalue weighted by molar-refractivity contribution is 0.0436. The van der Waals surface area contributed by atoms with Crippen molar-refractivity contribution < 1.29 is 13.9 Å². The highest BCUT2D eigenvalue weighted by Crippen LogP contribution is 2.19. The fourth-order valence-electron chi connectivity index (χ4n) is 2.74. The molecule has 2 heterocycles. The van der Waals surface area contributed by atoms with Crippen molar-refractivity contribution in [3.63, 3.8) is 0 Å². The first-order valence-corrected chi connectivity index (χ1v) is 7.69. The molecule has 0 aliphatic carbocycles. The topological polar surface area (TPSA) is 42.4 Å². The zero-order chi connectivity index (χ0) is 16.2. The number of benzene rings is 1. The highest BCUT2D eigenvalue weighted by atomic mass is 19.1. The second-order valence-electron chi connectivity index (χ2n) is 5.79. The monoisotopic (exact) mass is 314 g/mol. The summed E-state index contributed by atoms with van der Waals surface area (Å²) in [5.41, 5.74) is 2.23. The molecule has 0 spiro atoms. The van der Waals surface area contributed by atoms with Crippen molar-refractivity contribution in [2.45, 2.75) is 26.1 Å². The van der Waals surface area contributed by atoms with Crippen LogP contribution in [0.4, 0.5) is 4.39 Å². The molecule has 1 atom stereocenters. The molecule has 4 nitrogen and oxygen atoms in total. The predicted molar refractivity (Wildman–Crippen MR) is 84.5 cm³/mol. The first-order chi connectivity index (χ1) is 11.1. The number of ether oxygens (including phenoxy) is 1. The summed E-state index contributed by atoms with van der Waals surface area (Å²) < 4.78 is 19.2. The summed E-state index contributed by atoms with van der Waals surface area (Å²) in [5.74, 6) is -0.517. The van der Waals surface area contributed by atoms with Crippen LogP contribution in [0.1, 0.15) is 27.9 Å². The summed E-state index contributed by atoms with van der Waals surface area (Å²) in [6, 6.07) is 8.14. The normalized spacial score (nSPS) is 17.5. The molecule has 1 amide bonds. The zero-order valence-electron chi connectivity index (χ0n) is 13.0. The predicted octanol–water partition coefficient (Wildman–Crippen LogP) is 2.96. The Bertz CT molecular complexity index is 691. The molecule has 3 rings (SSSR count). The lowest BCUT2D eigenvalue weighted by Gasteiger charge is -2.18. The van der Waals surface area contributed by atoms with Crippen LogP contribution in [0.15, 0.2) is 42.7 Å². The maximum Gasteiger partial charge on any atom is 0.254 e. The Labute approximate surface area is 134 Å². The van der Waals surface area contributed by atoms with E-state index in [0.717, 1.165) is 17.5 Å². The van der Waals surface area contributed by atoms with Crippen molar-refractivity contribution >= 4 is 5.91 Å². The number of carbonyl (C=O) groups excluding carboxylic acids is 1. The Morgan fingerprint density at radius 3 is 3.09 bits per heavy atom. The third kappa shape index (κ3) is 3.74. The number of rotatable bonds is 4. The van der Waals surface area contributed by atoms with E-state index in [0.29, 0.717) is 25.3 Å². The molecule has 1 aromatic heterocycles. The van der Waals surface area contributed by atoms with E-state index < -0.39 is 0 Å². The number of halogens is 1.